The fourth-order valence-electron chi connectivity index (χ4n) is 3.20. The molecular weight excluding hydrogens is 378 g/mol. The van der Waals surface area contributed by atoms with Crippen molar-refractivity contribution in [3.05, 3.63) is 63.2 Å². The predicted octanol–water partition coefficient (Wildman–Crippen LogP) is 3.26. The summed E-state index contributed by atoms with van der Waals surface area (Å²) in [4.78, 5) is 10.3. The molecule has 0 spiro atoms. The van der Waals surface area contributed by atoms with Crippen molar-refractivity contribution < 1.29 is 13.3 Å². The fourth-order valence-corrected chi connectivity index (χ4v) is 4.71. The molecule has 0 aliphatic heterocycles. The van der Waals surface area contributed by atoms with Crippen molar-refractivity contribution in [1.82, 2.24) is 4.72 Å². The Morgan fingerprint density at radius 1 is 1.23 bits per heavy atom. The molecule has 1 aliphatic rings. The Hall–Kier alpha value is -2.16. The summed E-state index contributed by atoms with van der Waals surface area (Å²) >= 11 is 0. The number of fused-ring (bicyclic) bond motifs is 1. The summed E-state index contributed by atoms with van der Waals surface area (Å²) in [6.45, 7) is 1.62. The van der Waals surface area contributed by atoms with Gasteiger partial charge in [0.1, 0.15) is 0 Å². The molecule has 0 bridgehead atoms. The molecule has 0 fully saturated rings. The molecule has 7 nitrogen and oxygen atoms in total. The standard InChI is InChI=1S/C17H19N3O4S.ClH/c1-11-5-7-14(20(21)22)10-17(11)25(23,24)19-16-4-2-3-12-9-13(18)6-8-15(12)16;/h5-10,16,19H,2-4,18H2,1H3;1H. The Balaban J connectivity index is 0.00000243. The van der Waals surface area contributed by atoms with E-state index < -0.39 is 14.9 Å². The molecule has 0 heterocycles. The zero-order valence-electron chi connectivity index (χ0n) is 14.1. The first-order chi connectivity index (χ1) is 11.8. The lowest BCUT2D eigenvalue weighted by atomic mass is 9.88. The van der Waals surface area contributed by atoms with Crippen LogP contribution in [0.2, 0.25) is 0 Å². The molecule has 140 valence electrons. The molecule has 1 unspecified atom stereocenters. The van der Waals surface area contributed by atoms with E-state index in [-0.39, 0.29) is 29.0 Å². The van der Waals surface area contributed by atoms with Crippen LogP contribution in [0.3, 0.4) is 0 Å². The molecular formula is C17H20ClN3O4S. The number of nitrogen functional groups attached to an aromatic ring is 1. The van der Waals surface area contributed by atoms with Crippen LogP contribution in [0.15, 0.2) is 41.3 Å². The Morgan fingerprint density at radius 3 is 2.65 bits per heavy atom. The van der Waals surface area contributed by atoms with Gasteiger partial charge < -0.3 is 5.73 Å². The minimum Gasteiger partial charge on any atom is -0.399 e. The number of hydrogen-bond donors (Lipinski definition) is 2. The van der Waals surface area contributed by atoms with Crippen LogP contribution in [0.4, 0.5) is 11.4 Å². The van der Waals surface area contributed by atoms with Crippen molar-refractivity contribution in [1.29, 1.82) is 0 Å². The quantitative estimate of drug-likeness (QED) is 0.466. The molecule has 2 aromatic rings. The maximum absolute atomic E-state index is 12.8. The van der Waals surface area contributed by atoms with E-state index in [0.717, 1.165) is 30.0 Å². The Morgan fingerprint density at radius 2 is 1.96 bits per heavy atom. The molecule has 26 heavy (non-hydrogen) atoms. The van der Waals surface area contributed by atoms with Gasteiger partial charge in [-0.25, -0.2) is 13.1 Å². The van der Waals surface area contributed by atoms with Gasteiger partial charge in [0.25, 0.3) is 5.69 Å². The van der Waals surface area contributed by atoms with Crippen LogP contribution in [0.5, 0.6) is 0 Å². The van der Waals surface area contributed by atoms with Crippen LogP contribution in [-0.4, -0.2) is 13.3 Å². The van der Waals surface area contributed by atoms with Crippen LogP contribution in [0, 0.1) is 17.0 Å². The van der Waals surface area contributed by atoms with Crippen LogP contribution in [0.25, 0.3) is 0 Å². The van der Waals surface area contributed by atoms with E-state index in [1.54, 1.807) is 13.0 Å². The van der Waals surface area contributed by atoms with Crippen molar-refractivity contribution in [3.63, 3.8) is 0 Å². The smallest absolute Gasteiger partial charge is 0.270 e. The van der Waals surface area contributed by atoms with Gasteiger partial charge in [-0.1, -0.05) is 12.1 Å². The average molecular weight is 398 g/mol. The number of nitro groups is 1. The third-order valence-electron chi connectivity index (χ3n) is 4.45. The second-order valence-corrected chi connectivity index (χ2v) is 7.91. The van der Waals surface area contributed by atoms with E-state index in [1.165, 1.54) is 12.1 Å². The minimum atomic E-state index is -3.89. The Bertz CT molecular complexity index is 947. The molecule has 0 radical (unpaired) electrons. The third kappa shape index (κ3) is 3.98. The maximum Gasteiger partial charge on any atom is 0.270 e. The van der Waals surface area contributed by atoms with Crippen LogP contribution < -0.4 is 10.5 Å². The van der Waals surface area contributed by atoms with Gasteiger partial charge in [-0.2, -0.15) is 0 Å². The second kappa shape index (κ2) is 7.61. The number of non-ortho nitro benzene ring substituents is 1. The molecule has 1 aliphatic carbocycles. The molecule has 9 heteroatoms. The van der Waals surface area contributed by atoms with E-state index in [4.69, 9.17) is 5.73 Å². The van der Waals surface area contributed by atoms with Gasteiger partial charge in [0, 0.05) is 23.9 Å². The van der Waals surface area contributed by atoms with Crippen LogP contribution in [-0.2, 0) is 16.4 Å². The SMILES string of the molecule is Cc1ccc([N+](=O)[O-])cc1S(=O)(=O)NC1CCCc2cc(N)ccc21.Cl. The molecule has 0 amide bonds. The maximum atomic E-state index is 12.8. The second-order valence-electron chi connectivity index (χ2n) is 6.23. The first-order valence-corrected chi connectivity index (χ1v) is 9.42. The zero-order chi connectivity index (χ0) is 18.2. The highest BCUT2D eigenvalue weighted by Crippen LogP contribution is 2.33. The van der Waals surface area contributed by atoms with Gasteiger partial charge >= 0.3 is 0 Å². The van der Waals surface area contributed by atoms with Gasteiger partial charge in [-0.05, 0) is 55.0 Å². The van der Waals surface area contributed by atoms with E-state index >= 15 is 0 Å². The summed E-state index contributed by atoms with van der Waals surface area (Å²) in [6.07, 6.45) is 2.37. The monoisotopic (exact) mass is 397 g/mol. The van der Waals surface area contributed by atoms with E-state index in [2.05, 4.69) is 4.72 Å². The van der Waals surface area contributed by atoms with Crippen LogP contribution >= 0.6 is 12.4 Å². The summed E-state index contributed by atoms with van der Waals surface area (Å²) in [5, 5.41) is 11.0. The largest absolute Gasteiger partial charge is 0.399 e. The Kier molecular flexibility index (Phi) is 5.90. The minimum absolute atomic E-state index is 0. The summed E-state index contributed by atoms with van der Waals surface area (Å²) in [5.41, 5.74) is 8.62. The number of benzene rings is 2. The fraction of sp³-hybridized carbons (Fsp3) is 0.294. The molecule has 0 aromatic heterocycles. The number of nitrogens with one attached hydrogen (secondary N) is 1. The van der Waals surface area contributed by atoms with Crippen molar-refractivity contribution in [2.75, 3.05) is 5.73 Å². The van der Waals surface area contributed by atoms with E-state index in [9.17, 15) is 18.5 Å². The van der Waals surface area contributed by atoms with Crippen molar-refractivity contribution in [2.45, 2.75) is 37.1 Å². The zero-order valence-corrected chi connectivity index (χ0v) is 15.8. The number of hydrogen-bond acceptors (Lipinski definition) is 5. The lowest BCUT2D eigenvalue weighted by Gasteiger charge is -2.26. The number of nitrogens with two attached hydrogens (primary N) is 1. The van der Waals surface area contributed by atoms with Gasteiger partial charge in [0.05, 0.1) is 9.82 Å². The molecule has 3 N–H and O–H groups in total. The third-order valence-corrected chi connectivity index (χ3v) is 6.06. The molecule has 2 aromatic carbocycles. The average Bonchev–Trinajstić information content (AvgIpc) is 2.54. The van der Waals surface area contributed by atoms with Crippen molar-refractivity contribution in [2.24, 2.45) is 0 Å². The number of anilines is 1. The van der Waals surface area contributed by atoms with Gasteiger partial charge in [-0.15, -0.1) is 12.4 Å². The number of sulfonamides is 1. The summed E-state index contributed by atoms with van der Waals surface area (Å²) in [6, 6.07) is 8.95. The molecule has 0 saturated carbocycles. The number of halogens is 1. The summed E-state index contributed by atoms with van der Waals surface area (Å²) < 4.78 is 28.3. The summed E-state index contributed by atoms with van der Waals surface area (Å²) in [7, 11) is -3.89. The first kappa shape index (κ1) is 20.2. The lowest BCUT2D eigenvalue weighted by Crippen LogP contribution is -2.31. The van der Waals surface area contributed by atoms with Gasteiger partial charge in [-0.3, -0.25) is 10.1 Å². The highest BCUT2D eigenvalue weighted by molar-refractivity contribution is 7.89. The predicted molar refractivity (Wildman–Crippen MR) is 102 cm³/mol. The number of nitrogens with zero attached hydrogens (tertiary/aromatic N) is 1. The Labute approximate surface area is 158 Å². The van der Waals surface area contributed by atoms with E-state index in [1.807, 2.05) is 12.1 Å². The van der Waals surface area contributed by atoms with Crippen molar-refractivity contribution >= 4 is 33.8 Å². The topological polar surface area (TPSA) is 115 Å². The van der Waals surface area contributed by atoms with Gasteiger partial charge in [0.15, 0.2) is 0 Å². The van der Waals surface area contributed by atoms with Crippen molar-refractivity contribution in [3.8, 4) is 0 Å². The van der Waals surface area contributed by atoms with Gasteiger partial charge in [0.2, 0.25) is 10.0 Å². The molecule has 1 atom stereocenters. The highest BCUT2D eigenvalue weighted by atomic mass is 35.5. The normalized spacial score (nSPS) is 16.4. The van der Waals surface area contributed by atoms with E-state index in [0.29, 0.717) is 17.7 Å². The lowest BCUT2D eigenvalue weighted by molar-refractivity contribution is -0.385. The summed E-state index contributed by atoms with van der Waals surface area (Å²) in [5.74, 6) is 0. The van der Waals surface area contributed by atoms with Crippen LogP contribution in [0.1, 0.15) is 35.6 Å². The number of nitro benzene ring substituents is 1. The number of rotatable bonds is 4. The molecule has 3 rings (SSSR count). The number of aryl methyl sites for hydroxylation is 2. The highest BCUT2D eigenvalue weighted by Gasteiger charge is 2.27. The molecule has 0 saturated heterocycles. The first-order valence-electron chi connectivity index (χ1n) is 7.93.